The number of pyridine rings is 1. The first kappa shape index (κ1) is 25.3. The van der Waals surface area contributed by atoms with E-state index in [0.717, 1.165) is 4.90 Å². The molecule has 0 radical (unpaired) electrons. The van der Waals surface area contributed by atoms with Gasteiger partial charge in [-0.25, -0.2) is 4.98 Å². The van der Waals surface area contributed by atoms with Crippen LogP contribution in [-0.2, 0) is 25.4 Å². The summed E-state index contributed by atoms with van der Waals surface area (Å²) in [7, 11) is 1.30. The fourth-order valence-electron chi connectivity index (χ4n) is 4.15. The molecule has 36 heavy (non-hydrogen) atoms. The van der Waals surface area contributed by atoms with E-state index in [-0.39, 0.29) is 35.3 Å². The molecule has 3 aromatic rings. The Bertz CT molecular complexity index is 1360. The van der Waals surface area contributed by atoms with Gasteiger partial charge in [0.25, 0.3) is 11.5 Å². The molecule has 1 aliphatic rings. The van der Waals surface area contributed by atoms with Crippen molar-refractivity contribution < 1.29 is 35.9 Å². The molecule has 1 aromatic carbocycles. The maximum atomic E-state index is 13.3. The number of ether oxygens (including phenoxy) is 1. The summed E-state index contributed by atoms with van der Waals surface area (Å²) in [6.45, 7) is 2.72. The van der Waals surface area contributed by atoms with E-state index in [9.17, 15) is 35.9 Å². The number of hydrogen-bond donors (Lipinski definition) is 0. The number of hydrogen-bond acceptors (Lipinski definition) is 4. The number of carbonyl (C=O) groups excluding carboxylic acids is 1. The number of imidazole rings is 1. The number of aryl methyl sites for hydroxylation is 1. The van der Waals surface area contributed by atoms with Crippen LogP contribution in [0.15, 0.2) is 41.6 Å². The number of fused-ring (bicyclic) bond motifs is 1. The highest BCUT2D eigenvalue weighted by atomic mass is 19.4. The minimum absolute atomic E-state index is 0.0318. The topological polar surface area (TPSA) is 69.4 Å². The third-order valence-electron chi connectivity index (χ3n) is 5.89. The molecule has 0 N–H and O–H groups in total. The zero-order chi connectivity index (χ0) is 26.6. The minimum atomic E-state index is -5.01. The molecule has 192 valence electrons. The first-order valence-corrected chi connectivity index (χ1v) is 10.6. The van der Waals surface area contributed by atoms with E-state index in [1.807, 2.05) is 0 Å². The molecule has 1 atom stereocenters. The Hall–Kier alpha value is -3.77. The first-order valence-electron chi connectivity index (χ1n) is 10.6. The van der Waals surface area contributed by atoms with Gasteiger partial charge in [-0.15, -0.1) is 0 Å². The van der Waals surface area contributed by atoms with Crippen LogP contribution in [0.3, 0.4) is 0 Å². The van der Waals surface area contributed by atoms with Crippen molar-refractivity contribution in [3.8, 4) is 11.4 Å². The number of amides is 1. The van der Waals surface area contributed by atoms with Crippen LogP contribution in [0, 0.1) is 6.92 Å². The van der Waals surface area contributed by atoms with Gasteiger partial charge in [-0.1, -0.05) is 0 Å². The summed E-state index contributed by atoms with van der Waals surface area (Å²) in [4.78, 5) is 31.8. The first-order chi connectivity index (χ1) is 16.7. The highest BCUT2D eigenvalue weighted by Crippen LogP contribution is 2.37. The number of halogens is 6. The van der Waals surface area contributed by atoms with Crippen molar-refractivity contribution >= 4 is 5.91 Å². The predicted octanol–water partition coefficient (Wildman–Crippen LogP) is 4.43. The van der Waals surface area contributed by atoms with Crippen molar-refractivity contribution in [3.05, 3.63) is 75.2 Å². The molecule has 0 bridgehead atoms. The summed E-state index contributed by atoms with van der Waals surface area (Å²) in [6, 6.07) is 1.81. The number of alkyl halides is 6. The van der Waals surface area contributed by atoms with Crippen LogP contribution in [-0.4, -0.2) is 38.1 Å². The smallest absolute Gasteiger partial charge is 0.416 e. The number of aromatic nitrogens is 3. The molecular weight excluding hydrogens is 494 g/mol. The molecule has 4 rings (SSSR count). The van der Waals surface area contributed by atoms with Gasteiger partial charge in [0.05, 0.1) is 30.3 Å². The fraction of sp³-hybridized carbons (Fsp3) is 0.348. The number of methoxy groups -OCH3 is 1. The lowest BCUT2D eigenvalue weighted by Crippen LogP contribution is -2.49. The quantitative estimate of drug-likeness (QED) is 0.483. The van der Waals surface area contributed by atoms with Crippen LogP contribution < -0.4 is 10.3 Å². The predicted molar refractivity (Wildman–Crippen MR) is 115 cm³/mol. The molecule has 0 saturated carbocycles. The zero-order valence-electron chi connectivity index (χ0n) is 19.2. The lowest BCUT2D eigenvalue weighted by atomic mass is 10.0. The van der Waals surface area contributed by atoms with Crippen molar-refractivity contribution in [2.75, 3.05) is 7.11 Å². The van der Waals surface area contributed by atoms with Crippen LogP contribution in [0.5, 0.6) is 5.75 Å². The molecule has 1 unspecified atom stereocenters. The van der Waals surface area contributed by atoms with Gasteiger partial charge in [-0.3, -0.25) is 18.7 Å². The van der Waals surface area contributed by atoms with E-state index in [0.29, 0.717) is 17.8 Å². The van der Waals surface area contributed by atoms with Gasteiger partial charge in [-0.2, -0.15) is 26.3 Å². The Morgan fingerprint density at radius 3 is 2.14 bits per heavy atom. The van der Waals surface area contributed by atoms with E-state index < -0.39 is 47.5 Å². The van der Waals surface area contributed by atoms with Crippen molar-refractivity contribution in [1.29, 1.82) is 0 Å². The number of carbonyl (C=O) groups is 1. The monoisotopic (exact) mass is 514 g/mol. The Balaban J connectivity index is 1.77. The Kier molecular flexibility index (Phi) is 6.13. The highest BCUT2D eigenvalue weighted by Gasteiger charge is 2.38. The lowest BCUT2D eigenvalue weighted by molar-refractivity contribution is -0.143. The maximum Gasteiger partial charge on any atom is 0.416 e. The van der Waals surface area contributed by atoms with Crippen LogP contribution in [0.4, 0.5) is 26.3 Å². The average Bonchev–Trinajstić information content (AvgIpc) is 3.21. The van der Waals surface area contributed by atoms with Gasteiger partial charge in [0.1, 0.15) is 5.69 Å². The van der Waals surface area contributed by atoms with E-state index in [4.69, 9.17) is 4.74 Å². The second kappa shape index (κ2) is 8.71. The standard InChI is InChI=1S/C23H20F6N4O3/c1-12-8-31(11-30-12)19-18(36-3)7-17-20(34)32(13(2)9-33(17)21(19)35)10-14-4-15(22(24,25)26)6-16(5-14)23(27,28)29/h4-8,11,13H,9-10H2,1-3H3. The summed E-state index contributed by atoms with van der Waals surface area (Å²) >= 11 is 0. The fourth-order valence-corrected chi connectivity index (χ4v) is 4.15. The van der Waals surface area contributed by atoms with Gasteiger partial charge < -0.3 is 9.64 Å². The molecule has 0 saturated heterocycles. The molecule has 1 amide bonds. The molecule has 1 aliphatic heterocycles. The van der Waals surface area contributed by atoms with Crippen molar-refractivity contribution in [3.63, 3.8) is 0 Å². The van der Waals surface area contributed by atoms with Crippen molar-refractivity contribution in [2.24, 2.45) is 0 Å². The average molecular weight is 514 g/mol. The molecule has 7 nitrogen and oxygen atoms in total. The molecular formula is C23H20F6N4O3. The Morgan fingerprint density at radius 2 is 1.64 bits per heavy atom. The van der Waals surface area contributed by atoms with Gasteiger partial charge in [0.2, 0.25) is 0 Å². The van der Waals surface area contributed by atoms with Gasteiger partial charge in [-0.05, 0) is 37.6 Å². The zero-order valence-corrected chi connectivity index (χ0v) is 19.2. The third-order valence-corrected chi connectivity index (χ3v) is 5.89. The highest BCUT2D eigenvalue weighted by molar-refractivity contribution is 5.94. The summed E-state index contributed by atoms with van der Waals surface area (Å²) in [6.07, 6.45) is -7.02. The van der Waals surface area contributed by atoms with Crippen LogP contribution >= 0.6 is 0 Å². The summed E-state index contributed by atoms with van der Waals surface area (Å²) in [5.41, 5.74) is -3.19. The third kappa shape index (κ3) is 4.56. The van der Waals surface area contributed by atoms with E-state index in [2.05, 4.69) is 4.98 Å². The van der Waals surface area contributed by atoms with Crippen molar-refractivity contribution in [1.82, 2.24) is 19.0 Å². The largest absolute Gasteiger partial charge is 0.494 e. The molecule has 0 spiro atoms. The molecule has 3 heterocycles. The SMILES string of the molecule is COc1cc2n(c(=O)c1-n1cnc(C)c1)CC(C)N(Cc1cc(C(F)(F)F)cc(C(F)(F)F)c1)C2=O. The molecule has 2 aromatic heterocycles. The Labute approximate surface area is 200 Å². The maximum absolute atomic E-state index is 13.3. The van der Waals surface area contributed by atoms with Gasteiger partial charge in [0, 0.05) is 31.4 Å². The number of benzene rings is 1. The summed E-state index contributed by atoms with van der Waals surface area (Å²) in [5.74, 6) is -0.673. The van der Waals surface area contributed by atoms with E-state index in [1.54, 1.807) is 20.0 Å². The van der Waals surface area contributed by atoms with Crippen LogP contribution in [0.2, 0.25) is 0 Å². The van der Waals surface area contributed by atoms with Crippen molar-refractivity contribution in [2.45, 2.75) is 45.3 Å². The summed E-state index contributed by atoms with van der Waals surface area (Å²) in [5, 5.41) is 0. The Morgan fingerprint density at radius 1 is 1.03 bits per heavy atom. The lowest BCUT2D eigenvalue weighted by Gasteiger charge is -2.36. The molecule has 0 aliphatic carbocycles. The normalized spacial score (nSPS) is 16.3. The molecule has 13 heteroatoms. The van der Waals surface area contributed by atoms with E-state index >= 15 is 0 Å². The number of rotatable bonds is 4. The second-order valence-electron chi connectivity index (χ2n) is 8.48. The van der Waals surface area contributed by atoms with Gasteiger partial charge in [0.15, 0.2) is 11.4 Å². The molecule has 0 fully saturated rings. The van der Waals surface area contributed by atoms with Crippen LogP contribution in [0.25, 0.3) is 5.69 Å². The van der Waals surface area contributed by atoms with Crippen LogP contribution in [0.1, 0.15) is 39.8 Å². The van der Waals surface area contributed by atoms with Gasteiger partial charge >= 0.3 is 12.4 Å². The number of nitrogens with zero attached hydrogens (tertiary/aromatic N) is 4. The van der Waals surface area contributed by atoms with E-state index in [1.165, 1.54) is 28.6 Å². The second-order valence-corrected chi connectivity index (χ2v) is 8.48. The summed E-state index contributed by atoms with van der Waals surface area (Å²) < 4.78 is 87.6. The minimum Gasteiger partial charge on any atom is -0.494 e.